The third-order valence-corrected chi connectivity index (χ3v) is 3.22. The number of halogens is 1. The molecule has 0 spiro atoms. The Bertz CT molecular complexity index is 538. The number of aliphatic hydroxyl groups excluding tert-OH is 1. The van der Waals surface area contributed by atoms with Gasteiger partial charge in [0.2, 0.25) is 0 Å². The van der Waals surface area contributed by atoms with E-state index in [-0.39, 0.29) is 12.0 Å². The van der Waals surface area contributed by atoms with Gasteiger partial charge in [0, 0.05) is 5.56 Å². The van der Waals surface area contributed by atoms with Gasteiger partial charge in [-0.3, -0.25) is 0 Å². The summed E-state index contributed by atoms with van der Waals surface area (Å²) >= 11 is 5.90. The van der Waals surface area contributed by atoms with Gasteiger partial charge in [-0.1, -0.05) is 56.6 Å². The Morgan fingerprint density at radius 1 is 1.22 bits per heavy atom. The van der Waals surface area contributed by atoms with Gasteiger partial charge >= 0.3 is 0 Å². The highest BCUT2D eigenvalue weighted by molar-refractivity contribution is 6.30. The molecule has 96 valence electrons. The molecular formula is C14H17ClN2O. The van der Waals surface area contributed by atoms with Crippen LogP contribution in [0.3, 0.4) is 0 Å². The number of hydrogen-bond donors (Lipinski definition) is 2. The van der Waals surface area contributed by atoms with Crippen molar-refractivity contribution >= 4 is 11.6 Å². The van der Waals surface area contributed by atoms with Crippen molar-refractivity contribution in [1.82, 2.24) is 9.97 Å². The minimum Gasteiger partial charge on any atom is -0.390 e. The highest BCUT2D eigenvalue weighted by Crippen LogP contribution is 2.26. The number of H-pyrrole nitrogens is 1. The molecule has 0 aliphatic rings. The number of imidazole rings is 1. The van der Waals surface area contributed by atoms with Gasteiger partial charge in [-0.2, -0.15) is 0 Å². The Hall–Kier alpha value is -1.32. The molecule has 4 heteroatoms. The lowest BCUT2D eigenvalue weighted by Gasteiger charge is -2.18. The molecule has 18 heavy (non-hydrogen) atoms. The van der Waals surface area contributed by atoms with E-state index in [0.29, 0.717) is 16.7 Å². The van der Waals surface area contributed by atoms with Crippen LogP contribution in [0.2, 0.25) is 5.15 Å². The van der Waals surface area contributed by atoms with Gasteiger partial charge in [-0.25, -0.2) is 4.98 Å². The molecule has 0 bridgehead atoms. The molecule has 0 atom stereocenters. The maximum absolute atomic E-state index is 9.07. The summed E-state index contributed by atoms with van der Waals surface area (Å²) in [6.45, 7) is 6.40. The Kier molecular flexibility index (Phi) is 3.46. The zero-order valence-corrected chi connectivity index (χ0v) is 11.5. The summed E-state index contributed by atoms with van der Waals surface area (Å²) < 4.78 is 0. The van der Waals surface area contributed by atoms with Crippen LogP contribution in [0, 0.1) is 0 Å². The van der Waals surface area contributed by atoms with Crippen molar-refractivity contribution in [2.45, 2.75) is 32.8 Å². The molecule has 0 amide bonds. The largest absolute Gasteiger partial charge is 0.390 e. The number of nitrogens with zero attached hydrogens (tertiary/aromatic N) is 1. The molecule has 0 radical (unpaired) electrons. The second-order valence-corrected chi connectivity index (χ2v) is 5.70. The van der Waals surface area contributed by atoms with Crippen LogP contribution in [0.25, 0.3) is 11.4 Å². The average molecular weight is 265 g/mol. The monoisotopic (exact) mass is 264 g/mol. The van der Waals surface area contributed by atoms with Gasteiger partial charge in [0.1, 0.15) is 5.82 Å². The molecule has 0 fully saturated rings. The van der Waals surface area contributed by atoms with Crippen LogP contribution in [-0.4, -0.2) is 15.1 Å². The van der Waals surface area contributed by atoms with Crippen molar-refractivity contribution in [2.24, 2.45) is 0 Å². The fourth-order valence-electron chi connectivity index (χ4n) is 1.76. The summed E-state index contributed by atoms with van der Waals surface area (Å²) in [6.07, 6.45) is 0. The van der Waals surface area contributed by atoms with E-state index in [2.05, 4.69) is 42.9 Å². The standard InChI is InChI=1S/C14H17ClN2O/c1-14(2,3)10-6-4-9(5-7-10)13-16-11(8-18)12(15)17-13/h4-7,18H,8H2,1-3H3,(H,16,17). The van der Waals surface area contributed by atoms with Gasteiger partial charge in [0.25, 0.3) is 0 Å². The molecule has 2 aromatic rings. The van der Waals surface area contributed by atoms with Gasteiger partial charge in [-0.05, 0) is 11.0 Å². The number of benzene rings is 1. The predicted octanol–water partition coefficient (Wildman–Crippen LogP) is 3.52. The maximum Gasteiger partial charge on any atom is 0.153 e. The first kappa shape index (κ1) is 13.1. The normalized spacial score (nSPS) is 11.8. The first-order valence-electron chi connectivity index (χ1n) is 5.88. The van der Waals surface area contributed by atoms with Crippen molar-refractivity contribution in [3.63, 3.8) is 0 Å². The lowest BCUT2D eigenvalue weighted by atomic mass is 9.87. The summed E-state index contributed by atoms with van der Waals surface area (Å²) in [6, 6.07) is 8.20. The molecule has 1 aromatic heterocycles. The van der Waals surface area contributed by atoms with E-state index in [1.54, 1.807) is 0 Å². The Balaban J connectivity index is 2.34. The number of nitrogens with one attached hydrogen (secondary N) is 1. The molecule has 0 saturated carbocycles. The van der Waals surface area contributed by atoms with Gasteiger partial charge < -0.3 is 10.1 Å². The fraction of sp³-hybridized carbons (Fsp3) is 0.357. The van der Waals surface area contributed by atoms with Crippen LogP contribution < -0.4 is 0 Å². The van der Waals surface area contributed by atoms with Crippen molar-refractivity contribution < 1.29 is 5.11 Å². The quantitative estimate of drug-likeness (QED) is 0.872. The lowest BCUT2D eigenvalue weighted by Crippen LogP contribution is -2.10. The zero-order valence-electron chi connectivity index (χ0n) is 10.8. The Labute approximate surface area is 112 Å². The highest BCUT2D eigenvalue weighted by atomic mass is 35.5. The first-order chi connectivity index (χ1) is 8.41. The fourth-order valence-corrected chi connectivity index (χ4v) is 1.95. The minimum atomic E-state index is -0.133. The molecule has 1 aromatic carbocycles. The molecule has 3 nitrogen and oxygen atoms in total. The van der Waals surface area contributed by atoms with Gasteiger partial charge in [0.05, 0.1) is 12.3 Å². The molecule has 0 unspecified atom stereocenters. The van der Waals surface area contributed by atoms with E-state index < -0.39 is 0 Å². The van der Waals surface area contributed by atoms with Gasteiger partial charge in [0.15, 0.2) is 5.15 Å². The van der Waals surface area contributed by atoms with E-state index in [1.807, 2.05) is 12.1 Å². The van der Waals surface area contributed by atoms with E-state index in [9.17, 15) is 0 Å². The molecule has 2 N–H and O–H groups in total. The molecular weight excluding hydrogens is 248 g/mol. The number of rotatable bonds is 2. The summed E-state index contributed by atoms with van der Waals surface area (Å²) in [5.74, 6) is 0.685. The maximum atomic E-state index is 9.07. The highest BCUT2D eigenvalue weighted by Gasteiger charge is 2.14. The topological polar surface area (TPSA) is 48.9 Å². The van der Waals surface area contributed by atoms with Crippen LogP contribution in [0.5, 0.6) is 0 Å². The van der Waals surface area contributed by atoms with E-state index in [0.717, 1.165) is 5.56 Å². The predicted molar refractivity (Wildman–Crippen MR) is 73.7 cm³/mol. The molecule has 1 heterocycles. The van der Waals surface area contributed by atoms with Crippen LogP contribution >= 0.6 is 11.6 Å². The summed E-state index contributed by atoms with van der Waals surface area (Å²) in [5.41, 5.74) is 2.91. The van der Waals surface area contributed by atoms with Crippen LogP contribution in [0.4, 0.5) is 0 Å². The minimum absolute atomic E-state index is 0.133. The summed E-state index contributed by atoms with van der Waals surface area (Å²) in [4.78, 5) is 7.21. The number of aliphatic hydroxyl groups is 1. The lowest BCUT2D eigenvalue weighted by molar-refractivity contribution is 0.277. The number of aromatic nitrogens is 2. The number of hydrogen-bond acceptors (Lipinski definition) is 2. The molecule has 2 rings (SSSR count). The Morgan fingerprint density at radius 2 is 1.83 bits per heavy atom. The number of aromatic amines is 1. The van der Waals surface area contributed by atoms with Crippen LogP contribution in [0.15, 0.2) is 24.3 Å². The molecule has 0 aliphatic carbocycles. The molecule has 0 saturated heterocycles. The van der Waals surface area contributed by atoms with E-state index in [4.69, 9.17) is 16.7 Å². The third kappa shape index (κ3) is 2.57. The molecule has 0 aliphatic heterocycles. The van der Waals surface area contributed by atoms with Crippen molar-refractivity contribution in [1.29, 1.82) is 0 Å². The van der Waals surface area contributed by atoms with Crippen molar-refractivity contribution in [2.75, 3.05) is 0 Å². The third-order valence-electron chi connectivity index (χ3n) is 2.91. The van der Waals surface area contributed by atoms with E-state index >= 15 is 0 Å². The zero-order chi connectivity index (χ0) is 13.3. The second kappa shape index (κ2) is 4.75. The van der Waals surface area contributed by atoms with E-state index in [1.165, 1.54) is 5.56 Å². The Morgan fingerprint density at radius 3 is 2.28 bits per heavy atom. The first-order valence-corrected chi connectivity index (χ1v) is 6.26. The average Bonchev–Trinajstić information content (AvgIpc) is 2.69. The summed E-state index contributed by atoms with van der Waals surface area (Å²) in [5, 5.41) is 9.40. The smallest absolute Gasteiger partial charge is 0.153 e. The van der Waals surface area contributed by atoms with Crippen molar-refractivity contribution in [3.8, 4) is 11.4 Å². The SMILES string of the molecule is CC(C)(C)c1ccc(-c2nc(Cl)c(CO)[nH]2)cc1. The van der Waals surface area contributed by atoms with Crippen LogP contribution in [0.1, 0.15) is 32.0 Å². The van der Waals surface area contributed by atoms with Gasteiger partial charge in [-0.15, -0.1) is 0 Å². The second-order valence-electron chi connectivity index (χ2n) is 5.34. The van der Waals surface area contributed by atoms with Crippen molar-refractivity contribution in [3.05, 3.63) is 40.7 Å². The van der Waals surface area contributed by atoms with Crippen LogP contribution in [-0.2, 0) is 12.0 Å². The summed E-state index contributed by atoms with van der Waals surface area (Å²) in [7, 11) is 0.